The summed E-state index contributed by atoms with van der Waals surface area (Å²) in [7, 11) is 0. The van der Waals surface area contributed by atoms with Gasteiger partial charge in [-0.25, -0.2) is 0 Å². The molecule has 82 valence electrons. The Kier molecular flexibility index (Phi) is 3.95. The van der Waals surface area contributed by atoms with Gasteiger partial charge in [0.25, 0.3) is 0 Å². The summed E-state index contributed by atoms with van der Waals surface area (Å²) in [5.41, 5.74) is 3.00. The number of fused-ring (bicyclic) bond motifs is 1. The van der Waals surface area contributed by atoms with Gasteiger partial charge in [-0.05, 0) is 61.1 Å². The SMILES string of the molecule is SCCCCOc1ccc2c(c1)CCC2. The molecule has 0 atom stereocenters. The standard InChI is InChI=1S/C13H18OS/c15-9-2-1-8-14-13-7-6-11-4-3-5-12(11)10-13/h6-7,10,15H,1-5,8-9H2. The average Bonchev–Trinajstić information content (AvgIpc) is 2.71. The fourth-order valence-corrected chi connectivity index (χ4v) is 2.27. The van der Waals surface area contributed by atoms with Crippen LogP contribution in [-0.2, 0) is 12.8 Å². The van der Waals surface area contributed by atoms with Crippen LogP contribution in [0.2, 0.25) is 0 Å². The summed E-state index contributed by atoms with van der Waals surface area (Å²) in [6.45, 7) is 0.819. The predicted molar refractivity (Wildman–Crippen MR) is 67.0 cm³/mol. The molecule has 1 aliphatic rings. The molecule has 0 aromatic heterocycles. The highest BCUT2D eigenvalue weighted by molar-refractivity contribution is 7.80. The van der Waals surface area contributed by atoms with Crippen molar-refractivity contribution in [3.63, 3.8) is 0 Å². The Balaban J connectivity index is 1.87. The molecule has 0 fully saturated rings. The maximum absolute atomic E-state index is 5.70. The molecule has 0 saturated heterocycles. The maximum atomic E-state index is 5.70. The first kappa shape index (κ1) is 10.9. The molecule has 0 spiro atoms. The van der Waals surface area contributed by atoms with E-state index < -0.39 is 0 Å². The van der Waals surface area contributed by atoms with Crippen LogP contribution in [-0.4, -0.2) is 12.4 Å². The Morgan fingerprint density at radius 1 is 1.13 bits per heavy atom. The van der Waals surface area contributed by atoms with E-state index in [0.29, 0.717) is 0 Å². The third-order valence-corrected chi connectivity index (χ3v) is 3.21. The molecule has 0 saturated carbocycles. The third-order valence-electron chi connectivity index (χ3n) is 2.89. The van der Waals surface area contributed by atoms with E-state index in [9.17, 15) is 0 Å². The van der Waals surface area contributed by atoms with E-state index in [4.69, 9.17) is 4.74 Å². The maximum Gasteiger partial charge on any atom is 0.119 e. The summed E-state index contributed by atoms with van der Waals surface area (Å²) in [5.74, 6) is 1.99. The highest BCUT2D eigenvalue weighted by Gasteiger charge is 2.10. The van der Waals surface area contributed by atoms with Gasteiger partial charge in [0.05, 0.1) is 6.61 Å². The highest BCUT2D eigenvalue weighted by Crippen LogP contribution is 2.26. The van der Waals surface area contributed by atoms with Crippen LogP contribution in [0.1, 0.15) is 30.4 Å². The molecule has 1 aromatic rings. The number of unbranched alkanes of at least 4 members (excludes halogenated alkanes) is 1. The van der Waals surface area contributed by atoms with Gasteiger partial charge in [0.2, 0.25) is 0 Å². The highest BCUT2D eigenvalue weighted by atomic mass is 32.1. The third kappa shape index (κ3) is 2.91. The normalized spacial score (nSPS) is 13.9. The number of hydrogen-bond donors (Lipinski definition) is 1. The van der Waals surface area contributed by atoms with Crippen molar-refractivity contribution in [1.82, 2.24) is 0 Å². The van der Waals surface area contributed by atoms with E-state index in [1.54, 1.807) is 0 Å². The predicted octanol–water partition coefficient (Wildman–Crippen LogP) is 3.26. The summed E-state index contributed by atoms with van der Waals surface area (Å²) in [5, 5.41) is 0. The van der Waals surface area contributed by atoms with Gasteiger partial charge >= 0.3 is 0 Å². The van der Waals surface area contributed by atoms with Gasteiger partial charge in [-0.2, -0.15) is 12.6 Å². The summed E-state index contributed by atoms with van der Waals surface area (Å²) in [6, 6.07) is 6.53. The Bertz CT molecular complexity index is 322. The molecule has 2 rings (SSSR count). The van der Waals surface area contributed by atoms with Crippen LogP contribution in [0.3, 0.4) is 0 Å². The summed E-state index contributed by atoms with van der Waals surface area (Å²) < 4.78 is 5.70. The first-order valence-electron chi connectivity index (χ1n) is 5.75. The molecule has 0 bridgehead atoms. The van der Waals surface area contributed by atoms with E-state index >= 15 is 0 Å². The minimum absolute atomic E-state index is 0.819. The largest absolute Gasteiger partial charge is 0.494 e. The van der Waals surface area contributed by atoms with Crippen molar-refractivity contribution in [2.45, 2.75) is 32.1 Å². The molecule has 2 heteroatoms. The number of thiol groups is 1. The van der Waals surface area contributed by atoms with Crippen LogP contribution in [0.25, 0.3) is 0 Å². The lowest BCUT2D eigenvalue weighted by Gasteiger charge is -2.07. The number of hydrogen-bond acceptors (Lipinski definition) is 2. The first-order valence-corrected chi connectivity index (χ1v) is 6.39. The average molecular weight is 222 g/mol. The van der Waals surface area contributed by atoms with Gasteiger partial charge in [-0.1, -0.05) is 6.07 Å². The van der Waals surface area contributed by atoms with Crippen molar-refractivity contribution in [2.75, 3.05) is 12.4 Å². The van der Waals surface area contributed by atoms with Crippen LogP contribution >= 0.6 is 12.6 Å². The fraction of sp³-hybridized carbons (Fsp3) is 0.538. The van der Waals surface area contributed by atoms with Crippen LogP contribution in [0.5, 0.6) is 5.75 Å². The van der Waals surface area contributed by atoms with Gasteiger partial charge in [0, 0.05) is 0 Å². The second kappa shape index (κ2) is 5.45. The summed E-state index contributed by atoms with van der Waals surface area (Å²) >= 11 is 4.18. The van der Waals surface area contributed by atoms with Gasteiger partial charge in [-0.3, -0.25) is 0 Å². The van der Waals surface area contributed by atoms with Gasteiger partial charge in [0.15, 0.2) is 0 Å². The molecule has 0 aliphatic heterocycles. The van der Waals surface area contributed by atoms with Gasteiger partial charge in [-0.15, -0.1) is 0 Å². The Hall–Kier alpha value is -0.630. The number of ether oxygens (including phenoxy) is 1. The van der Waals surface area contributed by atoms with E-state index in [-0.39, 0.29) is 0 Å². The monoisotopic (exact) mass is 222 g/mol. The van der Waals surface area contributed by atoms with E-state index in [1.165, 1.54) is 30.4 Å². The van der Waals surface area contributed by atoms with Crippen molar-refractivity contribution in [3.05, 3.63) is 29.3 Å². The van der Waals surface area contributed by atoms with Crippen molar-refractivity contribution >= 4 is 12.6 Å². The molecular weight excluding hydrogens is 204 g/mol. The Morgan fingerprint density at radius 2 is 2.00 bits per heavy atom. The number of rotatable bonds is 5. The lowest BCUT2D eigenvalue weighted by atomic mass is 10.1. The molecule has 1 aromatic carbocycles. The zero-order valence-corrected chi connectivity index (χ0v) is 9.93. The summed E-state index contributed by atoms with van der Waals surface area (Å²) in [4.78, 5) is 0. The van der Waals surface area contributed by atoms with E-state index in [0.717, 1.165) is 31.0 Å². The van der Waals surface area contributed by atoms with Crippen LogP contribution in [0, 0.1) is 0 Å². The second-order valence-electron chi connectivity index (χ2n) is 4.06. The van der Waals surface area contributed by atoms with E-state index in [2.05, 4.69) is 30.8 Å². The Morgan fingerprint density at radius 3 is 2.87 bits per heavy atom. The minimum Gasteiger partial charge on any atom is -0.494 e. The first-order chi connectivity index (χ1) is 7.40. The molecule has 0 N–H and O–H groups in total. The summed E-state index contributed by atoms with van der Waals surface area (Å²) in [6.07, 6.45) is 6.01. The molecule has 0 unspecified atom stereocenters. The number of benzene rings is 1. The van der Waals surface area contributed by atoms with Gasteiger partial charge < -0.3 is 4.74 Å². The smallest absolute Gasteiger partial charge is 0.119 e. The fourth-order valence-electron chi connectivity index (χ4n) is 2.04. The number of aryl methyl sites for hydroxylation is 2. The lowest BCUT2D eigenvalue weighted by molar-refractivity contribution is 0.309. The molecule has 1 aliphatic carbocycles. The zero-order valence-electron chi connectivity index (χ0n) is 9.04. The molecule has 0 radical (unpaired) electrons. The van der Waals surface area contributed by atoms with Crippen LogP contribution < -0.4 is 4.74 Å². The topological polar surface area (TPSA) is 9.23 Å². The van der Waals surface area contributed by atoms with Crippen molar-refractivity contribution in [3.8, 4) is 5.75 Å². The van der Waals surface area contributed by atoms with E-state index in [1.807, 2.05) is 0 Å². The Labute approximate surface area is 97.2 Å². The van der Waals surface area contributed by atoms with Crippen LogP contribution in [0.4, 0.5) is 0 Å². The minimum atomic E-state index is 0.819. The molecule has 0 amide bonds. The van der Waals surface area contributed by atoms with Crippen molar-refractivity contribution in [2.24, 2.45) is 0 Å². The second-order valence-corrected chi connectivity index (χ2v) is 4.51. The quantitative estimate of drug-likeness (QED) is 0.594. The van der Waals surface area contributed by atoms with Crippen molar-refractivity contribution in [1.29, 1.82) is 0 Å². The zero-order chi connectivity index (χ0) is 10.5. The molecule has 1 nitrogen and oxygen atoms in total. The van der Waals surface area contributed by atoms with Crippen molar-refractivity contribution < 1.29 is 4.74 Å². The molecule has 0 heterocycles. The lowest BCUT2D eigenvalue weighted by Crippen LogP contribution is -1.98. The molecule has 15 heavy (non-hydrogen) atoms. The van der Waals surface area contributed by atoms with Crippen LogP contribution in [0.15, 0.2) is 18.2 Å². The van der Waals surface area contributed by atoms with Gasteiger partial charge in [0.1, 0.15) is 5.75 Å². The molecular formula is C13H18OS.